The molecule has 3 unspecified atom stereocenters. The van der Waals surface area contributed by atoms with Crippen LogP contribution in [0.2, 0.25) is 0 Å². The summed E-state index contributed by atoms with van der Waals surface area (Å²) in [5.41, 5.74) is 1.22. The van der Waals surface area contributed by atoms with Crippen LogP contribution in [0.3, 0.4) is 0 Å². The molecule has 6 heteroatoms. The van der Waals surface area contributed by atoms with Crippen LogP contribution in [0.5, 0.6) is 0 Å². The normalized spacial score (nSPS) is 25.9. The van der Waals surface area contributed by atoms with E-state index in [1.165, 1.54) is 0 Å². The molecule has 166 valence electrons. The number of nitrogens with zero attached hydrogens (tertiary/aromatic N) is 1. The first-order valence-electron chi connectivity index (χ1n) is 11.0. The van der Waals surface area contributed by atoms with E-state index in [4.69, 9.17) is 0 Å². The van der Waals surface area contributed by atoms with Gasteiger partial charge in [0.25, 0.3) is 0 Å². The van der Waals surface area contributed by atoms with Gasteiger partial charge in [0.15, 0.2) is 0 Å². The van der Waals surface area contributed by atoms with Crippen molar-refractivity contribution in [2.24, 2.45) is 10.8 Å². The molecule has 1 saturated heterocycles. The number of benzene rings is 2. The summed E-state index contributed by atoms with van der Waals surface area (Å²) in [6.07, 6.45) is 3.36. The predicted molar refractivity (Wildman–Crippen MR) is 122 cm³/mol. The number of sulfonamides is 1. The van der Waals surface area contributed by atoms with Crippen LogP contribution >= 0.6 is 0 Å². The minimum absolute atomic E-state index is 0.0949. The second-order valence-electron chi connectivity index (χ2n) is 10.4. The lowest BCUT2D eigenvalue weighted by Gasteiger charge is -2.39. The molecule has 1 saturated carbocycles. The SMILES string of the molecule is CC1(C)CC2CC(C)(CN2C(=O)C(Cc2ccccc2)NS(=O)(=O)c2ccccc2)C1. The molecular weight excluding hydrogens is 408 g/mol. The Kier molecular flexibility index (Phi) is 5.73. The second-order valence-corrected chi connectivity index (χ2v) is 12.1. The monoisotopic (exact) mass is 440 g/mol. The Bertz CT molecular complexity index is 1040. The molecular formula is C25H32N2O3S. The lowest BCUT2D eigenvalue weighted by molar-refractivity contribution is -0.134. The van der Waals surface area contributed by atoms with Crippen LogP contribution < -0.4 is 4.72 Å². The van der Waals surface area contributed by atoms with Gasteiger partial charge in [0.05, 0.1) is 4.90 Å². The van der Waals surface area contributed by atoms with Gasteiger partial charge in [0.2, 0.25) is 15.9 Å². The summed E-state index contributed by atoms with van der Waals surface area (Å²) in [5.74, 6) is -0.116. The average molecular weight is 441 g/mol. The Morgan fingerprint density at radius 3 is 2.29 bits per heavy atom. The highest BCUT2D eigenvalue weighted by Crippen LogP contribution is 2.52. The molecule has 3 atom stereocenters. The largest absolute Gasteiger partial charge is 0.338 e. The van der Waals surface area contributed by atoms with E-state index in [0.717, 1.165) is 24.8 Å². The Morgan fingerprint density at radius 1 is 1.03 bits per heavy atom. The van der Waals surface area contributed by atoms with Crippen molar-refractivity contribution in [1.29, 1.82) is 0 Å². The highest BCUT2D eigenvalue weighted by molar-refractivity contribution is 7.89. The molecule has 0 spiro atoms. The number of hydrogen-bond acceptors (Lipinski definition) is 3. The van der Waals surface area contributed by atoms with E-state index in [1.807, 2.05) is 35.2 Å². The summed E-state index contributed by atoms with van der Waals surface area (Å²) >= 11 is 0. The molecule has 2 bridgehead atoms. The smallest absolute Gasteiger partial charge is 0.241 e. The van der Waals surface area contributed by atoms with Crippen molar-refractivity contribution in [3.05, 3.63) is 66.2 Å². The Balaban J connectivity index is 1.62. The fraction of sp³-hybridized carbons (Fsp3) is 0.480. The van der Waals surface area contributed by atoms with E-state index in [1.54, 1.807) is 30.3 Å². The highest BCUT2D eigenvalue weighted by Gasteiger charge is 2.51. The van der Waals surface area contributed by atoms with Gasteiger partial charge >= 0.3 is 0 Å². The first kappa shape index (κ1) is 22.0. The Hall–Kier alpha value is -2.18. The summed E-state index contributed by atoms with van der Waals surface area (Å²) < 4.78 is 28.9. The molecule has 1 aliphatic heterocycles. The van der Waals surface area contributed by atoms with Gasteiger partial charge in [-0.1, -0.05) is 69.3 Å². The molecule has 31 heavy (non-hydrogen) atoms. The van der Waals surface area contributed by atoms with Crippen molar-refractivity contribution in [3.63, 3.8) is 0 Å². The van der Waals surface area contributed by atoms with Crippen molar-refractivity contribution in [1.82, 2.24) is 9.62 Å². The molecule has 2 aromatic carbocycles. The van der Waals surface area contributed by atoms with Crippen LogP contribution in [0.4, 0.5) is 0 Å². The van der Waals surface area contributed by atoms with Crippen LogP contribution in [-0.4, -0.2) is 37.9 Å². The Labute approximate surface area is 185 Å². The lowest BCUT2D eigenvalue weighted by Crippen LogP contribution is -2.51. The molecule has 2 aliphatic rings. The number of rotatable bonds is 6. The summed E-state index contributed by atoms with van der Waals surface area (Å²) in [5, 5.41) is 0. The van der Waals surface area contributed by atoms with Crippen molar-refractivity contribution in [3.8, 4) is 0 Å². The average Bonchev–Trinajstić information content (AvgIpc) is 2.97. The minimum atomic E-state index is -3.81. The maximum atomic E-state index is 13.8. The van der Waals surface area contributed by atoms with Crippen molar-refractivity contribution in [2.45, 2.75) is 63.4 Å². The van der Waals surface area contributed by atoms with Gasteiger partial charge in [0, 0.05) is 12.6 Å². The van der Waals surface area contributed by atoms with Gasteiger partial charge in [-0.15, -0.1) is 0 Å². The Morgan fingerprint density at radius 2 is 1.65 bits per heavy atom. The van der Waals surface area contributed by atoms with Crippen LogP contribution in [-0.2, 0) is 21.2 Å². The molecule has 1 heterocycles. The van der Waals surface area contributed by atoms with Gasteiger partial charge in [0.1, 0.15) is 6.04 Å². The number of carbonyl (C=O) groups is 1. The third-order valence-corrected chi connectivity index (χ3v) is 8.12. The van der Waals surface area contributed by atoms with Crippen LogP contribution in [0.1, 0.15) is 45.6 Å². The standard InChI is InChI=1S/C25H32N2O3S/c1-24(2)15-20-16-25(3,17-24)18-27(20)23(28)22(14-19-10-6-4-7-11-19)26-31(29,30)21-12-8-5-9-13-21/h4-13,20,22,26H,14-18H2,1-3H3. The molecule has 2 aromatic rings. The highest BCUT2D eigenvalue weighted by atomic mass is 32.2. The zero-order chi connectivity index (χ0) is 22.3. The third kappa shape index (κ3) is 4.85. The van der Waals surface area contributed by atoms with Gasteiger partial charge in [-0.3, -0.25) is 4.79 Å². The molecule has 0 aromatic heterocycles. The number of amides is 1. The van der Waals surface area contributed by atoms with E-state index in [0.29, 0.717) is 13.0 Å². The van der Waals surface area contributed by atoms with E-state index >= 15 is 0 Å². The number of fused-ring (bicyclic) bond motifs is 2. The summed E-state index contributed by atoms with van der Waals surface area (Å²) in [4.78, 5) is 15.9. The number of carbonyl (C=O) groups excluding carboxylic acids is 1. The molecule has 1 amide bonds. The zero-order valence-electron chi connectivity index (χ0n) is 18.5. The number of nitrogens with one attached hydrogen (secondary N) is 1. The zero-order valence-corrected chi connectivity index (χ0v) is 19.4. The maximum Gasteiger partial charge on any atom is 0.241 e. The molecule has 2 fully saturated rings. The maximum absolute atomic E-state index is 13.8. The molecule has 1 N–H and O–H groups in total. The summed E-state index contributed by atoms with van der Waals surface area (Å²) in [7, 11) is -3.81. The van der Waals surface area contributed by atoms with Crippen LogP contribution in [0, 0.1) is 10.8 Å². The third-order valence-electron chi connectivity index (χ3n) is 6.63. The van der Waals surface area contributed by atoms with E-state index in [2.05, 4.69) is 25.5 Å². The van der Waals surface area contributed by atoms with Crippen molar-refractivity contribution < 1.29 is 13.2 Å². The number of likely N-dealkylation sites (tertiary alicyclic amines) is 1. The van der Waals surface area contributed by atoms with E-state index < -0.39 is 16.1 Å². The number of hydrogen-bond donors (Lipinski definition) is 1. The van der Waals surface area contributed by atoms with Gasteiger partial charge in [-0.25, -0.2) is 8.42 Å². The fourth-order valence-electron chi connectivity index (χ4n) is 5.80. The first-order valence-corrected chi connectivity index (χ1v) is 12.5. The molecule has 1 aliphatic carbocycles. The summed E-state index contributed by atoms with van der Waals surface area (Å²) in [6, 6.07) is 17.2. The van der Waals surface area contributed by atoms with Crippen LogP contribution in [0.15, 0.2) is 65.6 Å². The molecule has 4 rings (SSSR count). The molecule has 5 nitrogen and oxygen atoms in total. The first-order chi connectivity index (χ1) is 14.6. The fourth-order valence-corrected chi connectivity index (χ4v) is 7.01. The van der Waals surface area contributed by atoms with Crippen LogP contribution in [0.25, 0.3) is 0 Å². The van der Waals surface area contributed by atoms with Gasteiger partial charge < -0.3 is 4.90 Å². The van der Waals surface area contributed by atoms with Gasteiger partial charge in [-0.05, 0) is 54.2 Å². The lowest BCUT2D eigenvalue weighted by atomic mass is 9.65. The van der Waals surface area contributed by atoms with Crippen molar-refractivity contribution in [2.75, 3.05) is 6.54 Å². The minimum Gasteiger partial charge on any atom is -0.338 e. The summed E-state index contributed by atoms with van der Waals surface area (Å²) in [6.45, 7) is 7.49. The second kappa shape index (κ2) is 8.06. The van der Waals surface area contributed by atoms with Gasteiger partial charge in [-0.2, -0.15) is 4.72 Å². The predicted octanol–water partition coefficient (Wildman–Crippen LogP) is 4.00. The topological polar surface area (TPSA) is 66.5 Å². The quantitative estimate of drug-likeness (QED) is 0.738. The van der Waals surface area contributed by atoms with Crippen molar-refractivity contribution >= 4 is 15.9 Å². The van der Waals surface area contributed by atoms with E-state index in [9.17, 15) is 13.2 Å². The molecule has 0 radical (unpaired) electrons. The van der Waals surface area contributed by atoms with E-state index in [-0.39, 0.29) is 27.7 Å².